The smallest absolute Gasteiger partial charge is 0.293 e. The topological polar surface area (TPSA) is 40.6 Å². The molecule has 2 aliphatic rings. The van der Waals surface area contributed by atoms with Gasteiger partial charge in [-0.1, -0.05) is 13.0 Å². The van der Waals surface area contributed by atoms with E-state index >= 15 is 0 Å². The van der Waals surface area contributed by atoms with Gasteiger partial charge in [-0.05, 0) is 81.1 Å². The molecule has 3 rings (SSSR count). The maximum Gasteiger partial charge on any atom is 0.293 e. The van der Waals surface area contributed by atoms with E-state index in [9.17, 15) is 9.59 Å². The van der Waals surface area contributed by atoms with Gasteiger partial charge in [0.25, 0.3) is 11.1 Å². The van der Waals surface area contributed by atoms with Gasteiger partial charge < -0.3 is 4.90 Å². The first-order valence-electron chi connectivity index (χ1n) is 8.95. The molecule has 5 heteroatoms. The van der Waals surface area contributed by atoms with Crippen LogP contribution in [-0.2, 0) is 4.79 Å². The van der Waals surface area contributed by atoms with Gasteiger partial charge in [0.15, 0.2) is 0 Å². The first-order valence-corrected chi connectivity index (χ1v) is 9.77. The van der Waals surface area contributed by atoms with Crippen LogP contribution in [0.5, 0.6) is 0 Å². The van der Waals surface area contributed by atoms with E-state index in [-0.39, 0.29) is 16.7 Å². The van der Waals surface area contributed by atoms with Crippen molar-refractivity contribution in [3.05, 3.63) is 34.2 Å². The number of thioether (sulfide) groups is 1. The summed E-state index contributed by atoms with van der Waals surface area (Å²) < 4.78 is 0. The number of fused-ring (bicyclic) bond motifs is 1. The molecule has 1 fully saturated rings. The van der Waals surface area contributed by atoms with Crippen molar-refractivity contribution in [2.75, 3.05) is 18.0 Å². The molecule has 0 aromatic heterocycles. The molecule has 0 spiro atoms. The van der Waals surface area contributed by atoms with Crippen molar-refractivity contribution in [2.45, 2.75) is 52.5 Å². The van der Waals surface area contributed by atoms with Gasteiger partial charge in [0.2, 0.25) is 0 Å². The van der Waals surface area contributed by atoms with E-state index in [1.165, 1.54) is 16.2 Å². The van der Waals surface area contributed by atoms with Crippen LogP contribution in [0, 0.1) is 0 Å². The predicted octanol–water partition coefficient (Wildman–Crippen LogP) is 4.85. The van der Waals surface area contributed by atoms with Crippen LogP contribution in [0.2, 0.25) is 0 Å². The summed E-state index contributed by atoms with van der Waals surface area (Å²) in [5, 5.41) is -0.177. The van der Waals surface area contributed by atoms with E-state index in [0.717, 1.165) is 30.3 Å². The third kappa shape index (κ3) is 3.10. The van der Waals surface area contributed by atoms with Gasteiger partial charge >= 0.3 is 0 Å². The predicted molar refractivity (Wildman–Crippen MR) is 105 cm³/mol. The van der Waals surface area contributed by atoms with E-state index in [1.54, 1.807) is 0 Å². The molecular formula is C20H26N2O2S. The van der Waals surface area contributed by atoms with Crippen molar-refractivity contribution in [1.82, 2.24) is 4.90 Å². The molecule has 1 saturated heterocycles. The molecule has 0 saturated carbocycles. The molecule has 4 nitrogen and oxygen atoms in total. The molecule has 2 aliphatic heterocycles. The number of nitrogens with zero attached hydrogens (tertiary/aromatic N) is 2. The number of carbonyl (C=O) groups is 2. The second-order valence-corrected chi connectivity index (χ2v) is 8.40. The summed E-state index contributed by atoms with van der Waals surface area (Å²) in [5.41, 5.74) is 3.74. The SMILES string of the molecule is CCN1C(=O)S/C(=C/c2ccc3c(c2)C(C)CC(C)(C)N3CC)C1=O. The minimum Gasteiger partial charge on any atom is -0.366 e. The molecule has 25 heavy (non-hydrogen) atoms. The number of hydrogen-bond donors (Lipinski definition) is 0. The third-order valence-corrected chi connectivity index (χ3v) is 6.12. The van der Waals surface area contributed by atoms with Gasteiger partial charge in [-0.15, -0.1) is 0 Å². The van der Waals surface area contributed by atoms with Crippen LogP contribution in [0.3, 0.4) is 0 Å². The quantitative estimate of drug-likeness (QED) is 0.724. The van der Waals surface area contributed by atoms with E-state index in [1.807, 2.05) is 13.0 Å². The number of anilines is 1. The van der Waals surface area contributed by atoms with Crippen molar-refractivity contribution in [3.63, 3.8) is 0 Å². The summed E-state index contributed by atoms with van der Waals surface area (Å²) >= 11 is 1.03. The Hall–Kier alpha value is -1.75. The van der Waals surface area contributed by atoms with E-state index in [4.69, 9.17) is 0 Å². The minimum absolute atomic E-state index is 0.145. The summed E-state index contributed by atoms with van der Waals surface area (Å²) in [7, 11) is 0. The molecule has 0 aliphatic carbocycles. The second kappa shape index (κ2) is 6.52. The van der Waals surface area contributed by atoms with Crippen molar-refractivity contribution >= 4 is 34.7 Å². The Kier molecular flexibility index (Phi) is 4.71. The summed E-state index contributed by atoms with van der Waals surface area (Å²) in [6.07, 6.45) is 2.95. The normalized spacial score (nSPS) is 24.2. The van der Waals surface area contributed by atoms with Gasteiger partial charge in [-0.25, -0.2) is 0 Å². The summed E-state index contributed by atoms with van der Waals surface area (Å²) in [6.45, 7) is 12.3. The first-order chi connectivity index (χ1) is 11.8. The zero-order chi connectivity index (χ0) is 18.4. The second-order valence-electron chi connectivity index (χ2n) is 7.41. The average Bonchev–Trinajstić information content (AvgIpc) is 2.81. The highest BCUT2D eigenvalue weighted by atomic mass is 32.2. The Labute approximate surface area is 154 Å². The summed E-state index contributed by atoms with van der Waals surface area (Å²) in [6, 6.07) is 6.39. The fourth-order valence-electron chi connectivity index (χ4n) is 4.12. The maximum atomic E-state index is 12.3. The van der Waals surface area contributed by atoms with Gasteiger partial charge in [0, 0.05) is 24.3 Å². The van der Waals surface area contributed by atoms with Gasteiger partial charge in [-0.3, -0.25) is 14.5 Å². The maximum absolute atomic E-state index is 12.3. The highest BCUT2D eigenvalue weighted by Crippen LogP contribution is 2.44. The summed E-state index contributed by atoms with van der Waals surface area (Å²) in [4.78, 5) is 28.4. The van der Waals surface area contributed by atoms with E-state index in [2.05, 4.69) is 50.8 Å². The fraction of sp³-hybridized carbons (Fsp3) is 0.500. The lowest BCUT2D eigenvalue weighted by Crippen LogP contribution is -2.48. The first kappa shape index (κ1) is 18.1. The number of rotatable bonds is 3. The van der Waals surface area contributed by atoms with Crippen LogP contribution in [0.1, 0.15) is 58.1 Å². The van der Waals surface area contributed by atoms with Crippen LogP contribution in [0.4, 0.5) is 10.5 Å². The van der Waals surface area contributed by atoms with Crippen LogP contribution in [0.25, 0.3) is 6.08 Å². The van der Waals surface area contributed by atoms with Crippen LogP contribution in [0.15, 0.2) is 23.1 Å². The van der Waals surface area contributed by atoms with Crippen molar-refractivity contribution in [2.24, 2.45) is 0 Å². The van der Waals surface area contributed by atoms with Crippen molar-refractivity contribution in [3.8, 4) is 0 Å². The van der Waals surface area contributed by atoms with Gasteiger partial charge in [0.05, 0.1) is 4.91 Å². The minimum atomic E-state index is -0.181. The summed E-state index contributed by atoms with van der Waals surface area (Å²) in [5.74, 6) is 0.284. The molecule has 1 aromatic carbocycles. The molecule has 2 heterocycles. The lowest BCUT2D eigenvalue weighted by atomic mass is 9.79. The Balaban J connectivity index is 1.97. The van der Waals surface area contributed by atoms with Crippen molar-refractivity contribution < 1.29 is 9.59 Å². The Morgan fingerprint density at radius 1 is 1.24 bits per heavy atom. The number of benzene rings is 1. The number of carbonyl (C=O) groups excluding carboxylic acids is 2. The molecule has 1 atom stereocenters. The fourth-order valence-corrected chi connectivity index (χ4v) is 5.02. The van der Waals surface area contributed by atoms with Crippen molar-refractivity contribution in [1.29, 1.82) is 0 Å². The molecule has 134 valence electrons. The van der Waals surface area contributed by atoms with E-state index < -0.39 is 0 Å². The Morgan fingerprint density at radius 3 is 2.56 bits per heavy atom. The van der Waals surface area contributed by atoms with Crippen LogP contribution >= 0.6 is 11.8 Å². The highest BCUT2D eigenvalue weighted by Gasteiger charge is 2.36. The number of imide groups is 1. The lowest BCUT2D eigenvalue weighted by molar-refractivity contribution is -0.122. The molecule has 1 unspecified atom stereocenters. The molecule has 1 aromatic rings. The molecule has 0 radical (unpaired) electrons. The lowest BCUT2D eigenvalue weighted by Gasteiger charge is -2.47. The van der Waals surface area contributed by atoms with E-state index in [0.29, 0.717) is 17.4 Å². The number of likely N-dealkylation sites (N-methyl/N-ethyl adjacent to an activating group) is 1. The Morgan fingerprint density at radius 2 is 1.96 bits per heavy atom. The standard InChI is InChI=1S/C20H26N2O2S/c1-6-21-18(23)17(25-19(21)24)11-14-8-9-16-15(10-14)13(3)12-20(4,5)22(16)7-2/h8-11,13H,6-7,12H2,1-5H3/b17-11+. The molecule has 0 bridgehead atoms. The van der Waals surface area contributed by atoms with Crippen LogP contribution in [-0.4, -0.2) is 34.7 Å². The zero-order valence-corrected chi connectivity index (χ0v) is 16.4. The zero-order valence-electron chi connectivity index (χ0n) is 15.6. The third-order valence-electron chi connectivity index (χ3n) is 5.21. The Bertz CT molecular complexity index is 754. The number of amides is 2. The van der Waals surface area contributed by atoms with Gasteiger partial charge in [0.1, 0.15) is 0 Å². The monoisotopic (exact) mass is 358 g/mol. The average molecular weight is 359 g/mol. The van der Waals surface area contributed by atoms with Gasteiger partial charge in [-0.2, -0.15) is 0 Å². The molecular weight excluding hydrogens is 332 g/mol. The molecule has 0 N–H and O–H groups in total. The largest absolute Gasteiger partial charge is 0.366 e. The number of hydrogen-bond acceptors (Lipinski definition) is 4. The highest BCUT2D eigenvalue weighted by molar-refractivity contribution is 8.18. The molecule has 2 amide bonds. The van der Waals surface area contributed by atoms with Crippen LogP contribution < -0.4 is 4.90 Å².